The number of carbonyl (C=O) groups is 1. The SMILES string of the molecule is C[C@H](Oc1cc(Cl)ccc1Cl)C(=O)N/N=C\c1ccnn1C. The number of nitrogens with one attached hydrogen (secondary N) is 1. The lowest BCUT2D eigenvalue weighted by molar-refractivity contribution is -0.127. The average Bonchev–Trinajstić information content (AvgIpc) is 2.88. The predicted octanol–water partition coefficient (Wildman–Crippen LogP) is 2.64. The number of aromatic nitrogens is 2. The summed E-state index contributed by atoms with van der Waals surface area (Å²) < 4.78 is 7.11. The molecule has 0 fully saturated rings. The number of halogens is 2. The normalized spacial score (nSPS) is 12.4. The lowest BCUT2D eigenvalue weighted by Gasteiger charge is -2.14. The predicted molar refractivity (Wildman–Crippen MR) is 85.5 cm³/mol. The summed E-state index contributed by atoms with van der Waals surface area (Å²) in [6.45, 7) is 1.59. The second kappa shape index (κ2) is 7.29. The highest BCUT2D eigenvalue weighted by Crippen LogP contribution is 2.28. The number of nitrogens with zero attached hydrogens (tertiary/aromatic N) is 3. The van der Waals surface area contributed by atoms with Crippen LogP contribution in [-0.4, -0.2) is 28.0 Å². The number of hydrogen-bond donors (Lipinski definition) is 1. The Morgan fingerprint density at radius 3 is 2.91 bits per heavy atom. The van der Waals surface area contributed by atoms with Gasteiger partial charge < -0.3 is 4.74 Å². The molecule has 1 aromatic heterocycles. The van der Waals surface area contributed by atoms with Crippen LogP contribution < -0.4 is 10.2 Å². The average molecular weight is 341 g/mol. The van der Waals surface area contributed by atoms with Crippen LogP contribution in [0.1, 0.15) is 12.6 Å². The molecule has 1 heterocycles. The van der Waals surface area contributed by atoms with Crippen molar-refractivity contribution in [2.75, 3.05) is 0 Å². The zero-order valence-electron chi connectivity index (χ0n) is 12.0. The standard InChI is InChI=1S/C14H14Cl2N4O2/c1-9(22-13-7-10(15)3-4-12(13)16)14(21)19-17-8-11-5-6-18-20(11)2/h3-9H,1-2H3,(H,19,21)/b17-8-/t9-/m0/s1. The second-order valence-electron chi connectivity index (χ2n) is 4.45. The fourth-order valence-electron chi connectivity index (χ4n) is 1.58. The van der Waals surface area contributed by atoms with Gasteiger partial charge in [-0.3, -0.25) is 9.48 Å². The van der Waals surface area contributed by atoms with Gasteiger partial charge in [-0.1, -0.05) is 23.2 Å². The van der Waals surface area contributed by atoms with Gasteiger partial charge in [0.15, 0.2) is 6.10 Å². The summed E-state index contributed by atoms with van der Waals surface area (Å²) in [6.07, 6.45) is 2.35. The molecular formula is C14H14Cl2N4O2. The summed E-state index contributed by atoms with van der Waals surface area (Å²) in [5.74, 6) is -0.0677. The van der Waals surface area contributed by atoms with E-state index < -0.39 is 12.0 Å². The number of hydrogen-bond acceptors (Lipinski definition) is 4. The van der Waals surface area contributed by atoms with Gasteiger partial charge in [-0.25, -0.2) is 5.43 Å². The number of benzene rings is 1. The van der Waals surface area contributed by atoms with Gasteiger partial charge in [-0.2, -0.15) is 10.2 Å². The van der Waals surface area contributed by atoms with Gasteiger partial charge in [-0.05, 0) is 25.1 Å². The third kappa shape index (κ3) is 4.22. The largest absolute Gasteiger partial charge is 0.479 e. The first-order chi connectivity index (χ1) is 10.5. The summed E-state index contributed by atoms with van der Waals surface area (Å²) in [4.78, 5) is 11.9. The van der Waals surface area contributed by atoms with Crippen LogP contribution in [0.5, 0.6) is 5.75 Å². The van der Waals surface area contributed by atoms with E-state index in [-0.39, 0.29) is 0 Å². The van der Waals surface area contributed by atoms with Crippen molar-refractivity contribution in [3.05, 3.63) is 46.2 Å². The van der Waals surface area contributed by atoms with Crippen LogP contribution in [0.3, 0.4) is 0 Å². The topological polar surface area (TPSA) is 68.5 Å². The Morgan fingerprint density at radius 1 is 1.45 bits per heavy atom. The molecule has 1 amide bonds. The molecule has 22 heavy (non-hydrogen) atoms. The van der Waals surface area contributed by atoms with E-state index in [9.17, 15) is 4.79 Å². The molecule has 0 spiro atoms. The molecule has 1 atom stereocenters. The Labute approximate surface area is 137 Å². The highest BCUT2D eigenvalue weighted by atomic mass is 35.5. The third-order valence-electron chi connectivity index (χ3n) is 2.80. The van der Waals surface area contributed by atoms with Crippen molar-refractivity contribution in [2.24, 2.45) is 12.1 Å². The fourth-order valence-corrected chi connectivity index (χ4v) is 1.90. The van der Waals surface area contributed by atoms with Crippen LogP contribution in [-0.2, 0) is 11.8 Å². The Morgan fingerprint density at radius 2 is 2.23 bits per heavy atom. The van der Waals surface area contributed by atoms with E-state index in [0.717, 1.165) is 5.69 Å². The number of rotatable bonds is 5. The third-order valence-corrected chi connectivity index (χ3v) is 3.34. The van der Waals surface area contributed by atoms with Crippen LogP contribution in [0.15, 0.2) is 35.6 Å². The Kier molecular flexibility index (Phi) is 5.41. The first kappa shape index (κ1) is 16.3. The Bertz CT molecular complexity index is 700. The minimum absolute atomic E-state index is 0.340. The minimum atomic E-state index is -0.778. The van der Waals surface area contributed by atoms with E-state index in [1.807, 2.05) is 0 Å². The first-order valence-electron chi connectivity index (χ1n) is 6.40. The van der Waals surface area contributed by atoms with Gasteiger partial charge in [0.1, 0.15) is 5.75 Å². The van der Waals surface area contributed by atoms with Crippen molar-refractivity contribution in [1.29, 1.82) is 0 Å². The number of amides is 1. The van der Waals surface area contributed by atoms with Crippen molar-refractivity contribution < 1.29 is 9.53 Å². The van der Waals surface area contributed by atoms with Crippen LogP contribution in [0.2, 0.25) is 10.0 Å². The minimum Gasteiger partial charge on any atom is -0.479 e. The highest BCUT2D eigenvalue weighted by Gasteiger charge is 2.15. The quantitative estimate of drug-likeness (QED) is 0.671. The van der Waals surface area contributed by atoms with E-state index in [4.69, 9.17) is 27.9 Å². The molecule has 2 rings (SSSR count). The van der Waals surface area contributed by atoms with Gasteiger partial charge in [0.2, 0.25) is 0 Å². The molecular weight excluding hydrogens is 327 g/mol. The van der Waals surface area contributed by atoms with E-state index >= 15 is 0 Å². The lowest BCUT2D eigenvalue weighted by atomic mass is 10.3. The van der Waals surface area contributed by atoms with Crippen LogP contribution in [0.4, 0.5) is 0 Å². The molecule has 0 aliphatic carbocycles. The molecule has 116 valence electrons. The molecule has 6 nitrogen and oxygen atoms in total. The Hall–Kier alpha value is -2.05. The number of carbonyl (C=O) groups excluding carboxylic acids is 1. The van der Waals surface area contributed by atoms with Crippen molar-refractivity contribution in [3.63, 3.8) is 0 Å². The number of ether oxygens (including phenoxy) is 1. The molecule has 2 aromatic rings. The summed E-state index contributed by atoms with van der Waals surface area (Å²) in [6, 6.07) is 6.55. The summed E-state index contributed by atoms with van der Waals surface area (Å²) in [7, 11) is 1.77. The van der Waals surface area contributed by atoms with Crippen molar-refractivity contribution in [2.45, 2.75) is 13.0 Å². The van der Waals surface area contributed by atoms with Crippen LogP contribution in [0, 0.1) is 0 Å². The molecule has 8 heteroatoms. The zero-order valence-corrected chi connectivity index (χ0v) is 13.5. The summed E-state index contributed by atoms with van der Waals surface area (Å²) in [5, 5.41) is 8.69. The molecule has 0 radical (unpaired) electrons. The maximum atomic E-state index is 11.9. The molecule has 1 aromatic carbocycles. The fraction of sp³-hybridized carbons (Fsp3) is 0.214. The number of aryl methyl sites for hydroxylation is 1. The summed E-state index contributed by atoms with van der Waals surface area (Å²) >= 11 is 11.8. The van der Waals surface area contributed by atoms with Gasteiger partial charge in [-0.15, -0.1) is 0 Å². The maximum absolute atomic E-state index is 11.9. The van der Waals surface area contributed by atoms with E-state index in [1.54, 1.807) is 49.1 Å². The van der Waals surface area contributed by atoms with Crippen molar-refractivity contribution in [3.8, 4) is 5.75 Å². The van der Waals surface area contributed by atoms with E-state index in [0.29, 0.717) is 15.8 Å². The second-order valence-corrected chi connectivity index (χ2v) is 5.29. The highest BCUT2D eigenvalue weighted by molar-refractivity contribution is 6.34. The van der Waals surface area contributed by atoms with Crippen molar-refractivity contribution >= 4 is 35.3 Å². The van der Waals surface area contributed by atoms with Gasteiger partial charge in [0.25, 0.3) is 5.91 Å². The molecule has 0 unspecified atom stereocenters. The molecule has 0 saturated heterocycles. The van der Waals surface area contributed by atoms with Crippen LogP contribution >= 0.6 is 23.2 Å². The Balaban J connectivity index is 1.93. The molecule has 0 saturated carbocycles. The van der Waals surface area contributed by atoms with Gasteiger partial charge >= 0.3 is 0 Å². The van der Waals surface area contributed by atoms with E-state index in [2.05, 4.69) is 15.6 Å². The zero-order chi connectivity index (χ0) is 16.1. The summed E-state index contributed by atoms with van der Waals surface area (Å²) in [5.41, 5.74) is 3.15. The molecule has 0 aliphatic rings. The molecule has 0 aliphatic heterocycles. The van der Waals surface area contributed by atoms with E-state index in [1.165, 1.54) is 6.21 Å². The first-order valence-corrected chi connectivity index (χ1v) is 7.15. The van der Waals surface area contributed by atoms with Crippen LogP contribution in [0.25, 0.3) is 0 Å². The van der Waals surface area contributed by atoms with Gasteiger partial charge in [0, 0.05) is 24.3 Å². The smallest absolute Gasteiger partial charge is 0.280 e. The van der Waals surface area contributed by atoms with Crippen molar-refractivity contribution in [1.82, 2.24) is 15.2 Å². The lowest BCUT2D eigenvalue weighted by Crippen LogP contribution is -2.33. The van der Waals surface area contributed by atoms with Gasteiger partial charge in [0.05, 0.1) is 16.9 Å². The number of hydrazone groups is 1. The monoisotopic (exact) mass is 340 g/mol. The molecule has 1 N–H and O–H groups in total. The molecule has 0 bridgehead atoms. The maximum Gasteiger partial charge on any atom is 0.280 e.